The second-order valence-electron chi connectivity index (χ2n) is 8.60. The van der Waals surface area contributed by atoms with Crippen molar-refractivity contribution in [3.63, 3.8) is 0 Å². The highest BCUT2D eigenvalue weighted by Gasteiger charge is 2.35. The van der Waals surface area contributed by atoms with Crippen LogP contribution in [0, 0.1) is 0 Å². The van der Waals surface area contributed by atoms with E-state index in [0.717, 1.165) is 47.4 Å². The van der Waals surface area contributed by atoms with E-state index in [4.69, 9.17) is 16.0 Å². The lowest BCUT2D eigenvalue weighted by atomic mass is 9.97. The van der Waals surface area contributed by atoms with Gasteiger partial charge in [-0.2, -0.15) is 5.10 Å². The second kappa shape index (κ2) is 8.52. The third-order valence-electron chi connectivity index (χ3n) is 6.46. The Balaban J connectivity index is 1.34. The van der Waals surface area contributed by atoms with E-state index in [9.17, 15) is 9.59 Å². The molecule has 4 heterocycles. The molecular formula is C25H21ClN4O3S. The fourth-order valence-electron chi connectivity index (χ4n) is 4.77. The van der Waals surface area contributed by atoms with Crippen molar-refractivity contribution in [2.45, 2.75) is 44.7 Å². The van der Waals surface area contributed by atoms with Gasteiger partial charge in [-0.15, -0.1) is 11.3 Å². The molecule has 3 aromatic heterocycles. The molecule has 0 unspecified atom stereocenters. The zero-order valence-electron chi connectivity index (χ0n) is 18.2. The number of fused-ring (bicyclic) bond motifs is 3. The van der Waals surface area contributed by atoms with E-state index in [1.807, 2.05) is 18.2 Å². The molecule has 0 saturated heterocycles. The van der Waals surface area contributed by atoms with Crippen LogP contribution in [0.3, 0.4) is 0 Å². The van der Waals surface area contributed by atoms with Crippen LogP contribution in [-0.4, -0.2) is 26.2 Å². The molecule has 4 aromatic rings. The molecule has 0 saturated carbocycles. The molecule has 1 atom stereocenters. The van der Waals surface area contributed by atoms with Gasteiger partial charge in [0, 0.05) is 16.3 Å². The summed E-state index contributed by atoms with van der Waals surface area (Å²) < 4.78 is 7.02. The quantitative estimate of drug-likeness (QED) is 0.403. The molecule has 34 heavy (non-hydrogen) atoms. The van der Waals surface area contributed by atoms with Gasteiger partial charge in [0.25, 0.3) is 11.5 Å². The molecular weight excluding hydrogens is 472 g/mol. The lowest BCUT2D eigenvalue weighted by molar-refractivity contribution is -0.134. The number of nitrogens with zero attached hydrogens (tertiary/aromatic N) is 4. The van der Waals surface area contributed by atoms with Crippen LogP contribution < -0.4 is 5.56 Å². The first-order valence-electron chi connectivity index (χ1n) is 11.3. The van der Waals surface area contributed by atoms with Crippen LogP contribution in [0.25, 0.3) is 10.2 Å². The summed E-state index contributed by atoms with van der Waals surface area (Å²) in [7, 11) is 0. The van der Waals surface area contributed by atoms with E-state index in [0.29, 0.717) is 22.6 Å². The molecule has 0 radical (unpaired) electrons. The maximum absolute atomic E-state index is 13.4. The predicted molar refractivity (Wildman–Crippen MR) is 131 cm³/mol. The Labute approximate surface area is 204 Å². The average molecular weight is 493 g/mol. The first kappa shape index (κ1) is 21.3. The summed E-state index contributed by atoms with van der Waals surface area (Å²) in [4.78, 5) is 33.3. The minimum Gasteiger partial charge on any atom is -0.467 e. The number of halogens is 1. The van der Waals surface area contributed by atoms with Crippen LogP contribution in [0.2, 0.25) is 5.02 Å². The van der Waals surface area contributed by atoms with Crippen molar-refractivity contribution in [1.29, 1.82) is 0 Å². The number of hydrogen-bond donors (Lipinski definition) is 0. The second-order valence-corrected chi connectivity index (χ2v) is 10.1. The van der Waals surface area contributed by atoms with Crippen molar-refractivity contribution < 1.29 is 9.21 Å². The minimum atomic E-state index is -0.380. The van der Waals surface area contributed by atoms with E-state index in [2.05, 4.69) is 10.1 Å². The molecule has 7 nitrogen and oxygen atoms in total. The fourth-order valence-corrected chi connectivity index (χ4v) is 6.12. The smallest absolute Gasteiger partial charge is 0.263 e. The summed E-state index contributed by atoms with van der Waals surface area (Å²) in [6.45, 7) is -0.138. The van der Waals surface area contributed by atoms with E-state index in [1.165, 1.54) is 20.8 Å². The zero-order chi connectivity index (χ0) is 23.2. The van der Waals surface area contributed by atoms with Crippen molar-refractivity contribution >= 4 is 44.8 Å². The summed E-state index contributed by atoms with van der Waals surface area (Å²) in [5.41, 5.74) is 2.61. The lowest BCUT2D eigenvalue weighted by Gasteiger charge is -2.20. The first-order chi connectivity index (χ1) is 16.6. The fraction of sp³-hybridized carbons (Fsp3) is 0.280. The molecule has 1 aromatic carbocycles. The van der Waals surface area contributed by atoms with Gasteiger partial charge in [0.2, 0.25) is 0 Å². The Bertz CT molecular complexity index is 1470. The van der Waals surface area contributed by atoms with Crippen LogP contribution in [0.15, 0.2) is 63.3 Å². The summed E-state index contributed by atoms with van der Waals surface area (Å²) >= 11 is 7.63. The molecule has 2 aliphatic rings. The molecule has 1 aliphatic heterocycles. The highest BCUT2D eigenvalue weighted by atomic mass is 35.5. The summed E-state index contributed by atoms with van der Waals surface area (Å²) in [6, 6.07) is 10.6. The minimum absolute atomic E-state index is 0.138. The topological polar surface area (TPSA) is 80.7 Å². The normalized spacial score (nSPS) is 17.7. The molecule has 1 aliphatic carbocycles. The molecule has 0 fully saturated rings. The van der Waals surface area contributed by atoms with Gasteiger partial charge in [0.05, 0.1) is 23.7 Å². The van der Waals surface area contributed by atoms with E-state index in [1.54, 1.807) is 35.8 Å². The van der Waals surface area contributed by atoms with Gasteiger partial charge in [-0.25, -0.2) is 9.99 Å². The number of aromatic nitrogens is 2. The maximum Gasteiger partial charge on any atom is 0.263 e. The van der Waals surface area contributed by atoms with Crippen LogP contribution in [0.4, 0.5) is 0 Å². The van der Waals surface area contributed by atoms with Gasteiger partial charge < -0.3 is 4.42 Å². The lowest BCUT2D eigenvalue weighted by Crippen LogP contribution is -2.34. The van der Waals surface area contributed by atoms with Crippen LogP contribution in [0.1, 0.15) is 47.1 Å². The number of carbonyl (C=O) groups is 1. The summed E-state index contributed by atoms with van der Waals surface area (Å²) in [5, 5.41) is 7.38. The number of thiophene rings is 1. The number of hydrogen-bond acceptors (Lipinski definition) is 6. The number of aryl methyl sites for hydroxylation is 2. The predicted octanol–water partition coefficient (Wildman–Crippen LogP) is 4.96. The number of furan rings is 1. The summed E-state index contributed by atoms with van der Waals surface area (Å²) in [6.07, 6.45) is 7.68. The van der Waals surface area contributed by atoms with Gasteiger partial charge in [-0.1, -0.05) is 23.7 Å². The van der Waals surface area contributed by atoms with Crippen molar-refractivity contribution in [3.8, 4) is 0 Å². The number of benzene rings is 1. The Morgan fingerprint density at radius 2 is 2.00 bits per heavy atom. The Hall–Kier alpha value is -3.23. The van der Waals surface area contributed by atoms with Crippen molar-refractivity contribution in [3.05, 3.63) is 86.1 Å². The van der Waals surface area contributed by atoms with Gasteiger partial charge >= 0.3 is 0 Å². The molecule has 0 bridgehead atoms. The molecule has 172 valence electrons. The standard InChI is InChI=1S/C25H21ClN4O3S/c26-16-9-7-15(8-10-16)18-12-19(20-5-3-11-33-20)30(28-18)22(31)13-29-14-27-24-23(25(29)32)17-4-1-2-6-21(17)34-24/h3,5,7-11,14,19H,1-2,4,6,12-13H2/t19-/m1/s1. The first-order valence-corrected chi connectivity index (χ1v) is 12.5. The van der Waals surface area contributed by atoms with Crippen molar-refractivity contribution in [2.75, 3.05) is 0 Å². The Morgan fingerprint density at radius 1 is 1.18 bits per heavy atom. The summed E-state index contributed by atoms with van der Waals surface area (Å²) in [5.74, 6) is 0.353. The molecule has 9 heteroatoms. The maximum atomic E-state index is 13.4. The van der Waals surface area contributed by atoms with E-state index in [-0.39, 0.29) is 24.1 Å². The van der Waals surface area contributed by atoms with Gasteiger partial charge in [-0.3, -0.25) is 14.2 Å². The van der Waals surface area contributed by atoms with E-state index < -0.39 is 0 Å². The third kappa shape index (κ3) is 3.67. The van der Waals surface area contributed by atoms with Gasteiger partial charge in [0.1, 0.15) is 23.2 Å². The van der Waals surface area contributed by atoms with Crippen LogP contribution in [-0.2, 0) is 24.2 Å². The number of hydrazone groups is 1. The Kier molecular flexibility index (Phi) is 5.34. The van der Waals surface area contributed by atoms with Gasteiger partial charge in [-0.05, 0) is 61.1 Å². The molecule has 0 spiro atoms. The highest BCUT2D eigenvalue weighted by Crippen LogP contribution is 2.35. The van der Waals surface area contributed by atoms with Crippen LogP contribution in [0.5, 0.6) is 0 Å². The van der Waals surface area contributed by atoms with E-state index >= 15 is 0 Å². The number of amides is 1. The largest absolute Gasteiger partial charge is 0.467 e. The molecule has 0 N–H and O–H groups in total. The van der Waals surface area contributed by atoms with Crippen molar-refractivity contribution in [2.24, 2.45) is 5.10 Å². The highest BCUT2D eigenvalue weighted by molar-refractivity contribution is 7.18. The monoisotopic (exact) mass is 492 g/mol. The zero-order valence-corrected chi connectivity index (χ0v) is 19.8. The van der Waals surface area contributed by atoms with Crippen LogP contribution >= 0.6 is 22.9 Å². The van der Waals surface area contributed by atoms with Gasteiger partial charge in [0.15, 0.2) is 0 Å². The third-order valence-corrected chi connectivity index (χ3v) is 7.91. The molecule has 6 rings (SSSR count). The van der Waals surface area contributed by atoms with Crippen molar-refractivity contribution in [1.82, 2.24) is 14.6 Å². The average Bonchev–Trinajstić information content (AvgIpc) is 3.59. The Morgan fingerprint density at radius 3 is 2.79 bits per heavy atom. The SMILES string of the molecule is O=C(Cn1cnc2sc3c(c2c1=O)CCCC3)N1N=C(c2ccc(Cl)cc2)C[C@@H]1c1ccco1. The number of rotatable bonds is 4. The molecule has 1 amide bonds. The number of carbonyl (C=O) groups excluding carboxylic acids is 1.